The molecular weight excluding hydrogens is 356 g/mol. The summed E-state index contributed by atoms with van der Waals surface area (Å²) in [5, 5.41) is 0. The molecule has 0 aromatic carbocycles. The van der Waals surface area contributed by atoms with Gasteiger partial charge in [0.1, 0.15) is 0 Å². The number of ether oxygens (including phenoxy) is 2. The average Bonchev–Trinajstić information content (AvgIpc) is 2.38. The monoisotopic (exact) mass is 356 g/mol. The quantitative estimate of drug-likeness (QED) is 0.612. The molecule has 2 rings (SSSR count). The highest BCUT2D eigenvalue weighted by atomic mass is 19.4. The molecule has 2 aliphatic rings. The molecule has 22 heavy (non-hydrogen) atoms. The molecule has 1 heterocycles. The third-order valence-corrected chi connectivity index (χ3v) is 3.08. The molecule has 0 bridgehead atoms. The van der Waals surface area contributed by atoms with Gasteiger partial charge in [0.05, 0.1) is 0 Å². The second-order valence-corrected chi connectivity index (χ2v) is 4.25. The number of alkyl halides is 10. The van der Waals surface area contributed by atoms with Gasteiger partial charge >= 0.3 is 47.4 Å². The first-order chi connectivity index (χ1) is 9.51. The van der Waals surface area contributed by atoms with Gasteiger partial charge in [0, 0.05) is 0 Å². The van der Waals surface area contributed by atoms with Crippen molar-refractivity contribution in [3.05, 3.63) is 12.0 Å². The summed E-state index contributed by atoms with van der Waals surface area (Å²) in [7, 11) is 0. The SMILES string of the molecule is FC(F)=C1OC(F)(F)C2(F)C(F)(F)C(F)(F)C(F)(F)C2(F)O1. The fourth-order valence-corrected chi connectivity index (χ4v) is 1.95. The molecule has 0 aromatic heterocycles. The minimum atomic E-state index is -7.07. The van der Waals surface area contributed by atoms with Crippen LogP contribution in [0.15, 0.2) is 12.0 Å². The molecule has 0 radical (unpaired) electrons. The lowest BCUT2D eigenvalue weighted by Gasteiger charge is -2.43. The van der Waals surface area contributed by atoms with E-state index in [0.717, 1.165) is 0 Å². The van der Waals surface area contributed by atoms with Gasteiger partial charge in [-0.15, -0.1) is 0 Å². The number of halogens is 12. The Morgan fingerprint density at radius 1 is 0.636 bits per heavy atom. The van der Waals surface area contributed by atoms with Crippen molar-refractivity contribution in [3.63, 3.8) is 0 Å². The predicted molar refractivity (Wildman–Crippen MR) is 38.9 cm³/mol. The fraction of sp³-hybridized carbons (Fsp3) is 0.750. The second-order valence-electron chi connectivity index (χ2n) is 4.25. The van der Waals surface area contributed by atoms with Crippen molar-refractivity contribution in [2.45, 2.75) is 35.4 Å². The van der Waals surface area contributed by atoms with Gasteiger partial charge in [0.15, 0.2) is 0 Å². The minimum absolute atomic E-state index is 2.55. The highest BCUT2D eigenvalue weighted by molar-refractivity contribution is 5.32. The summed E-state index contributed by atoms with van der Waals surface area (Å²) >= 11 is 0. The van der Waals surface area contributed by atoms with Crippen molar-refractivity contribution >= 4 is 0 Å². The van der Waals surface area contributed by atoms with Crippen LogP contribution in [0.3, 0.4) is 0 Å². The summed E-state index contributed by atoms with van der Waals surface area (Å²) in [4.78, 5) is 0. The number of fused-ring (bicyclic) bond motifs is 1. The summed E-state index contributed by atoms with van der Waals surface area (Å²) < 4.78 is 161. The Morgan fingerprint density at radius 3 is 1.50 bits per heavy atom. The van der Waals surface area contributed by atoms with E-state index in [2.05, 4.69) is 9.47 Å². The fourth-order valence-electron chi connectivity index (χ4n) is 1.95. The van der Waals surface area contributed by atoms with Gasteiger partial charge < -0.3 is 9.47 Å². The molecule has 1 saturated heterocycles. The van der Waals surface area contributed by atoms with Crippen LogP contribution in [0.5, 0.6) is 0 Å². The van der Waals surface area contributed by atoms with Gasteiger partial charge in [-0.2, -0.15) is 48.3 Å². The molecule has 2 nitrogen and oxygen atoms in total. The van der Waals surface area contributed by atoms with Crippen molar-refractivity contribution in [1.82, 2.24) is 0 Å². The number of hydrogen-bond donors (Lipinski definition) is 0. The van der Waals surface area contributed by atoms with E-state index in [1.165, 1.54) is 0 Å². The molecule has 2 unspecified atom stereocenters. The second kappa shape index (κ2) is 3.69. The van der Waals surface area contributed by atoms with Crippen LogP contribution in [0.4, 0.5) is 52.7 Å². The summed E-state index contributed by atoms with van der Waals surface area (Å²) in [5.41, 5.74) is -6.79. The highest BCUT2D eigenvalue weighted by Gasteiger charge is 3.08. The maximum absolute atomic E-state index is 13.8. The van der Waals surface area contributed by atoms with Gasteiger partial charge in [0.25, 0.3) is 0 Å². The van der Waals surface area contributed by atoms with E-state index in [0.29, 0.717) is 0 Å². The lowest BCUT2D eigenvalue weighted by molar-refractivity contribution is -0.458. The van der Waals surface area contributed by atoms with Gasteiger partial charge in [-0.1, -0.05) is 0 Å². The lowest BCUT2D eigenvalue weighted by atomic mass is 9.93. The first-order valence-electron chi connectivity index (χ1n) is 4.83. The van der Waals surface area contributed by atoms with Crippen molar-refractivity contribution in [1.29, 1.82) is 0 Å². The zero-order valence-corrected chi connectivity index (χ0v) is 9.35. The molecule has 0 amide bonds. The van der Waals surface area contributed by atoms with Crippen LogP contribution in [0, 0.1) is 0 Å². The van der Waals surface area contributed by atoms with Crippen molar-refractivity contribution in [2.75, 3.05) is 0 Å². The van der Waals surface area contributed by atoms with Crippen molar-refractivity contribution in [2.24, 2.45) is 0 Å². The largest absolute Gasteiger partial charge is 0.449 e. The highest BCUT2D eigenvalue weighted by Crippen LogP contribution is 2.74. The summed E-state index contributed by atoms with van der Waals surface area (Å²) in [6.45, 7) is 0. The molecule has 0 aromatic rings. The van der Waals surface area contributed by atoms with Gasteiger partial charge in [-0.3, -0.25) is 0 Å². The van der Waals surface area contributed by atoms with Crippen LogP contribution in [-0.2, 0) is 9.47 Å². The Hall–Kier alpha value is -1.50. The van der Waals surface area contributed by atoms with Crippen LogP contribution in [0.25, 0.3) is 0 Å². The Morgan fingerprint density at radius 2 is 1.09 bits per heavy atom. The Labute approximate surface area is 111 Å². The molecule has 0 spiro atoms. The predicted octanol–water partition coefficient (Wildman–Crippen LogP) is 3.99. The maximum atomic E-state index is 13.8. The first-order valence-corrected chi connectivity index (χ1v) is 4.83. The molecule has 128 valence electrons. The lowest BCUT2D eigenvalue weighted by Crippen LogP contribution is -2.71. The van der Waals surface area contributed by atoms with Crippen LogP contribution in [0.2, 0.25) is 0 Å². The number of hydrogen-bond acceptors (Lipinski definition) is 2. The van der Waals surface area contributed by atoms with Crippen LogP contribution >= 0.6 is 0 Å². The van der Waals surface area contributed by atoms with E-state index in [1.807, 2.05) is 0 Å². The van der Waals surface area contributed by atoms with E-state index >= 15 is 0 Å². The Balaban J connectivity index is 2.87. The number of rotatable bonds is 0. The molecular formula is C8F12O2. The van der Waals surface area contributed by atoms with E-state index in [4.69, 9.17) is 0 Å². The van der Waals surface area contributed by atoms with Gasteiger partial charge in [-0.05, 0) is 0 Å². The van der Waals surface area contributed by atoms with Gasteiger partial charge in [0.2, 0.25) is 0 Å². The van der Waals surface area contributed by atoms with Gasteiger partial charge in [-0.25, -0.2) is 4.39 Å². The van der Waals surface area contributed by atoms with Crippen LogP contribution in [0.1, 0.15) is 0 Å². The van der Waals surface area contributed by atoms with Crippen molar-refractivity contribution in [3.8, 4) is 0 Å². The summed E-state index contributed by atoms with van der Waals surface area (Å²) in [6.07, 6.45) is -10.1. The summed E-state index contributed by atoms with van der Waals surface area (Å²) in [6, 6.07) is 0. The molecule has 0 N–H and O–H groups in total. The molecule has 2 fully saturated rings. The molecule has 1 aliphatic carbocycles. The first kappa shape index (κ1) is 16.9. The molecule has 2 atom stereocenters. The molecule has 1 aliphatic heterocycles. The average molecular weight is 356 g/mol. The van der Waals surface area contributed by atoms with Crippen LogP contribution < -0.4 is 0 Å². The topological polar surface area (TPSA) is 18.5 Å². The Kier molecular flexibility index (Phi) is 2.83. The van der Waals surface area contributed by atoms with Crippen LogP contribution in [-0.4, -0.2) is 35.4 Å². The smallest absolute Gasteiger partial charge is 0.414 e. The summed E-state index contributed by atoms with van der Waals surface area (Å²) in [5.74, 6) is -30.7. The zero-order chi connectivity index (χ0) is 17.6. The van der Waals surface area contributed by atoms with E-state index in [1.54, 1.807) is 0 Å². The van der Waals surface area contributed by atoms with Crippen molar-refractivity contribution < 1.29 is 62.2 Å². The maximum Gasteiger partial charge on any atom is 0.449 e. The van der Waals surface area contributed by atoms with E-state index in [-0.39, 0.29) is 0 Å². The zero-order valence-electron chi connectivity index (χ0n) is 9.35. The normalized spacial score (nSPS) is 40.5. The third kappa shape index (κ3) is 1.28. The Bertz CT molecular complexity index is 551. The molecule has 1 saturated carbocycles. The van der Waals surface area contributed by atoms with E-state index < -0.39 is 47.4 Å². The van der Waals surface area contributed by atoms with E-state index in [9.17, 15) is 52.7 Å². The standard InChI is InChI=1S/C8F12O2/c9-1(10)2-21-7(18)3(11,8(19,20)22-2)4(12,13)5(14,15)6(7,16)17. The minimum Gasteiger partial charge on any atom is -0.414 e. The molecule has 14 heteroatoms. The third-order valence-electron chi connectivity index (χ3n) is 3.08.